The quantitative estimate of drug-likeness (QED) is 0.192. The van der Waals surface area contributed by atoms with Crippen molar-refractivity contribution in [3.05, 3.63) is 54.6 Å². The molecule has 2 bridgehead atoms. The number of fused-ring (bicyclic) bond motifs is 1. The summed E-state index contributed by atoms with van der Waals surface area (Å²) in [6.45, 7) is 13.8. The first-order chi connectivity index (χ1) is 19.1. The molecule has 3 fully saturated rings. The van der Waals surface area contributed by atoms with E-state index in [2.05, 4.69) is 13.2 Å². The highest BCUT2D eigenvalue weighted by Crippen LogP contribution is 2.72. The van der Waals surface area contributed by atoms with Gasteiger partial charge in [-0.15, -0.1) is 24.9 Å². The molecule has 7 nitrogen and oxygen atoms in total. The summed E-state index contributed by atoms with van der Waals surface area (Å²) in [5.41, 5.74) is 0.646. The summed E-state index contributed by atoms with van der Waals surface area (Å²) in [5.74, 6) is -2.27. The van der Waals surface area contributed by atoms with Crippen molar-refractivity contribution in [2.24, 2.45) is 17.8 Å². The Bertz CT molecular complexity index is 1150. The van der Waals surface area contributed by atoms with Gasteiger partial charge in [-0.25, -0.2) is 0 Å². The van der Waals surface area contributed by atoms with Gasteiger partial charge in [0.15, 0.2) is 0 Å². The van der Waals surface area contributed by atoms with E-state index in [1.165, 1.54) is 0 Å². The van der Waals surface area contributed by atoms with E-state index in [4.69, 9.17) is 16.3 Å². The summed E-state index contributed by atoms with van der Waals surface area (Å²) >= 11 is 7.74. The van der Waals surface area contributed by atoms with Crippen LogP contribution in [0.1, 0.15) is 52.9 Å². The van der Waals surface area contributed by atoms with Crippen molar-refractivity contribution in [3.8, 4) is 0 Å². The summed E-state index contributed by atoms with van der Waals surface area (Å²) in [6.07, 6.45) is 6.88. The average Bonchev–Trinajstić information content (AvgIpc) is 3.51. The van der Waals surface area contributed by atoms with Crippen molar-refractivity contribution in [1.82, 2.24) is 4.90 Å². The maximum absolute atomic E-state index is 14.7. The number of carbonyl (C=O) groups excluding carboxylic acids is 3. The molecular weight excluding hydrogens is 548 g/mol. The number of hydrogen-bond donors (Lipinski definition) is 1. The number of allylic oxidation sites excluding steroid dienone is 1. The van der Waals surface area contributed by atoms with Crippen LogP contribution in [0.2, 0.25) is 5.02 Å². The maximum Gasteiger partial charge on any atom is 0.311 e. The molecule has 1 aromatic rings. The zero-order chi connectivity index (χ0) is 29.2. The van der Waals surface area contributed by atoms with E-state index in [9.17, 15) is 19.5 Å². The molecule has 40 heavy (non-hydrogen) atoms. The second-order valence-electron chi connectivity index (χ2n) is 11.4. The second kappa shape index (κ2) is 12.3. The third-order valence-corrected chi connectivity index (χ3v) is 11.3. The number of halogens is 1. The first kappa shape index (κ1) is 30.7. The molecule has 218 valence electrons. The molecule has 3 aliphatic heterocycles. The normalized spacial score (nSPS) is 30.1. The van der Waals surface area contributed by atoms with Gasteiger partial charge in [0.05, 0.1) is 35.8 Å². The van der Waals surface area contributed by atoms with Crippen LogP contribution in [0.5, 0.6) is 0 Å². The Kier molecular flexibility index (Phi) is 9.42. The Labute approximate surface area is 246 Å². The number of aliphatic hydroxyl groups is 1. The summed E-state index contributed by atoms with van der Waals surface area (Å²) in [5, 5.41) is 11.1. The highest BCUT2D eigenvalue weighted by atomic mass is 35.5. The lowest BCUT2D eigenvalue weighted by Gasteiger charge is -2.41. The van der Waals surface area contributed by atoms with E-state index >= 15 is 0 Å². The number of hydrogen-bond acceptors (Lipinski definition) is 6. The second-order valence-corrected chi connectivity index (χ2v) is 13.8. The van der Waals surface area contributed by atoms with Crippen LogP contribution in [0, 0.1) is 17.8 Å². The predicted molar refractivity (Wildman–Crippen MR) is 160 cm³/mol. The molecule has 0 aliphatic carbocycles. The van der Waals surface area contributed by atoms with Gasteiger partial charge in [0, 0.05) is 22.0 Å². The number of anilines is 1. The number of thioether (sulfide) groups is 1. The van der Waals surface area contributed by atoms with Crippen LogP contribution >= 0.6 is 23.4 Å². The van der Waals surface area contributed by atoms with Gasteiger partial charge in [-0.1, -0.05) is 44.0 Å². The minimum absolute atomic E-state index is 0.0510. The molecule has 0 saturated carbocycles. The van der Waals surface area contributed by atoms with E-state index in [-0.39, 0.29) is 43.5 Å². The van der Waals surface area contributed by atoms with Gasteiger partial charge in [-0.05, 0) is 62.8 Å². The predicted octanol–water partition coefficient (Wildman–Crippen LogP) is 5.26. The van der Waals surface area contributed by atoms with Crippen LogP contribution in [0.25, 0.3) is 0 Å². The van der Waals surface area contributed by atoms with E-state index in [1.54, 1.807) is 58.0 Å². The number of nitrogens with zero attached hydrogens (tertiary/aromatic N) is 2. The molecule has 7 atom stereocenters. The Balaban J connectivity index is 1.80. The number of esters is 1. The van der Waals surface area contributed by atoms with E-state index < -0.39 is 33.4 Å². The van der Waals surface area contributed by atoms with Crippen molar-refractivity contribution in [1.29, 1.82) is 0 Å². The van der Waals surface area contributed by atoms with E-state index in [0.29, 0.717) is 30.0 Å². The first-order valence-electron chi connectivity index (χ1n) is 14.2. The van der Waals surface area contributed by atoms with Crippen molar-refractivity contribution < 1.29 is 24.2 Å². The molecule has 9 heteroatoms. The van der Waals surface area contributed by atoms with Crippen LogP contribution in [-0.4, -0.2) is 69.1 Å². The van der Waals surface area contributed by atoms with Crippen LogP contribution < -0.4 is 4.90 Å². The maximum atomic E-state index is 14.7. The Morgan fingerprint density at radius 3 is 2.58 bits per heavy atom. The zero-order valence-electron chi connectivity index (χ0n) is 23.7. The number of likely N-dealkylation sites (tertiary alicyclic amines) is 1. The minimum atomic E-state index is -0.850. The fraction of sp³-hybridized carbons (Fsp3) is 0.581. The van der Waals surface area contributed by atoms with Crippen molar-refractivity contribution in [3.63, 3.8) is 0 Å². The Morgan fingerprint density at radius 2 is 1.98 bits per heavy atom. The molecule has 4 rings (SSSR count). The number of carbonyl (C=O) groups is 3. The van der Waals surface area contributed by atoms with Gasteiger partial charge in [-0.2, -0.15) is 0 Å². The first-order valence-corrected chi connectivity index (χ1v) is 15.4. The summed E-state index contributed by atoms with van der Waals surface area (Å²) in [6, 6.07) is 5.61. The summed E-state index contributed by atoms with van der Waals surface area (Å²) in [4.78, 5) is 46.0. The van der Waals surface area contributed by atoms with Gasteiger partial charge in [0.1, 0.15) is 6.04 Å². The molecule has 0 radical (unpaired) electrons. The number of unbranched alkanes of at least 4 members (excludes halogenated alkanes) is 1. The van der Waals surface area contributed by atoms with Crippen molar-refractivity contribution >= 4 is 46.8 Å². The summed E-state index contributed by atoms with van der Waals surface area (Å²) in [7, 11) is 0. The van der Waals surface area contributed by atoms with Crippen molar-refractivity contribution in [2.45, 2.75) is 74.5 Å². The molecule has 1 spiro atoms. The molecule has 1 aromatic carbocycles. The topological polar surface area (TPSA) is 87.1 Å². The van der Waals surface area contributed by atoms with Crippen LogP contribution in [0.3, 0.4) is 0 Å². The highest BCUT2D eigenvalue weighted by Gasteiger charge is 2.78. The average molecular weight is 589 g/mol. The van der Waals surface area contributed by atoms with Gasteiger partial charge in [0.2, 0.25) is 5.91 Å². The number of amides is 2. The Morgan fingerprint density at radius 1 is 1.27 bits per heavy atom. The lowest BCUT2D eigenvalue weighted by molar-refractivity contribution is -0.156. The van der Waals surface area contributed by atoms with E-state index in [0.717, 1.165) is 12.8 Å². The molecule has 3 heterocycles. The monoisotopic (exact) mass is 588 g/mol. The van der Waals surface area contributed by atoms with Gasteiger partial charge in [0.25, 0.3) is 5.91 Å². The number of rotatable bonds is 13. The fourth-order valence-electron chi connectivity index (χ4n) is 6.88. The lowest BCUT2D eigenvalue weighted by atomic mass is 9.66. The van der Waals surface area contributed by atoms with Gasteiger partial charge in [-0.3, -0.25) is 14.4 Å². The smallest absolute Gasteiger partial charge is 0.311 e. The SMILES string of the molecule is C=CCCCOC(=O)[C@H]1[C@H]2C(=O)N([C@@H](CO)[C@@H](C)CC)C(C(=O)N(CC=C)c3ccc(Cl)cc3)C23CC[C@]1(C)S3. The molecule has 2 amide bonds. The fourth-order valence-corrected chi connectivity index (χ4v) is 9.33. The number of aliphatic hydroxyl groups excluding tert-OH is 1. The number of ether oxygens (including phenoxy) is 1. The highest BCUT2D eigenvalue weighted by molar-refractivity contribution is 8.02. The van der Waals surface area contributed by atoms with Gasteiger partial charge >= 0.3 is 5.97 Å². The zero-order valence-corrected chi connectivity index (χ0v) is 25.3. The Hall–Kier alpha value is -2.29. The third-order valence-electron chi connectivity index (χ3n) is 9.06. The van der Waals surface area contributed by atoms with Crippen LogP contribution in [0.4, 0.5) is 5.69 Å². The van der Waals surface area contributed by atoms with Gasteiger partial charge < -0.3 is 19.6 Å². The van der Waals surface area contributed by atoms with E-state index in [1.807, 2.05) is 20.8 Å². The molecule has 2 unspecified atom stereocenters. The lowest BCUT2D eigenvalue weighted by Crippen LogP contribution is -2.58. The number of benzene rings is 1. The third kappa shape index (κ3) is 5.12. The van der Waals surface area contributed by atoms with Crippen LogP contribution in [-0.2, 0) is 19.1 Å². The van der Waals surface area contributed by atoms with Crippen LogP contribution in [0.15, 0.2) is 49.6 Å². The molecular formula is C31H41ClN2O5S. The minimum Gasteiger partial charge on any atom is -0.465 e. The molecule has 1 N–H and O–H groups in total. The van der Waals surface area contributed by atoms with Crippen molar-refractivity contribution in [2.75, 3.05) is 24.7 Å². The largest absolute Gasteiger partial charge is 0.465 e. The standard InChI is InChI=1S/C31H41ClN2O5S/c1-6-9-10-18-39-29(38)25-24-27(36)34(23(19-35)20(4)8-3)26(31(24)16-15-30(25,5)40-31)28(37)33(17-7-2)22-13-11-21(32)12-14-22/h6-7,11-14,20,23-26,35H,1-2,8-10,15-19H2,3-5H3/t20-,23-,24-,25+,26?,30-,31?/m0/s1. The molecule has 3 saturated heterocycles. The molecule has 3 aliphatic rings. The summed E-state index contributed by atoms with van der Waals surface area (Å²) < 4.78 is 4.39. The molecule has 0 aromatic heterocycles.